The fourth-order valence-electron chi connectivity index (χ4n) is 5.76. The Labute approximate surface area is 252 Å². The molecule has 0 radical (unpaired) electrons. The number of halogens is 6. The number of alkyl halides is 6. The molecule has 1 fully saturated rings. The first-order valence-electron chi connectivity index (χ1n) is 14.1. The number of nitrogens with two attached hydrogens (primary N) is 1. The van der Waals surface area contributed by atoms with Gasteiger partial charge in [0.2, 0.25) is 5.91 Å². The first kappa shape index (κ1) is 32.2. The Morgan fingerprint density at radius 3 is 2.31 bits per heavy atom. The van der Waals surface area contributed by atoms with Crippen molar-refractivity contribution in [3.63, 3.8) is 0 Å². The van der Waals surface area contributed by atoms with Gasteiger partial charge in [0.15, 0.2) is 5.52 Å². The van der Waals surface area contributed by atoms with E-state index < -0.39 is 47.3 Å². The summed E-state index contributed by atoms with van der Waals surface area (Å²) in [5.41, 5.74) is 2.61. The summed E-state index contributed by atoms with van der Waals surface area (Å²) in [5.74, 6) is -2.66. The molecule has 1 aliphatic heterocycles. The third-order valence-electron chi connectivity index (χ3n) is 8.21. The normalized spacial score (nSPS) is 16.2. The number of aliphatic hydroxyl groups is 1. The SMILES string of the molecule is Cn1nc2c(=O)n(CC3(O)CCN(C(=O)C[C@H](c4ccccc4)C(F)(F)F)CC3)cnc2c1-c1ccc(CN)c(C(F)(F)F)c1. The van der Waals surface area contributed by atoms with Gasteiger partial charge in [-0.05, 0) is 30.0 Å². The van der Waals surface area contributed by atoms with E-state index in [0.717, 1.165) is 17.0 Å². The first-order chi connectivity index (χ1) is 21.1. The molecule has 45 heavy (non-hydrogen) atoms. The molecule has 1 atom stereocenters. The van der Waals surface area contributed by atoms with Crippen LogP contribution in [-0.2, 0) is 31.1 Å². The van der Waals surface area contributed by atoms with Gasteiger partial charge >= 0.3 is 12.4 Å². The minimum atomic E-state index is -4.66. The van der Waals surface area contributed by atoms with Gasteiger partial charge in [-0.2, -0.15) is 31.4 Å². The van der Waals surface area contributed by atoms with E-state index in [9.17, 15) is 41.0 Å². The third-order valence-corrected chi connectivity index (χ3v) is 8.21. The number of hydrogen-bond acceptors (Lipinski definition) is 6. The van der Waals surface area contributed by atoms with Crippen molar-refractivity contribution >= 4 is 16.9 Å². The molecular weight excluding hydrogens is 606 g/mol. The zero-order chi connectivity index (χ0) is 32.7. The Kier molecular flexibility index (Phi) is 8.53. The van der Waals surface area contributed by atoms with Crippen LogP contribution in [0.5, 0.6) is 0 Å². The number of carbonyl (C=O) groups excluding carboxylic acids is 1. The smallest absolute Gasteiger partial charge is 0.388 e. The summed E-state index contributed by atoms with van der Waals surface area (Å²) in [4.78, 5) is 31.8. The summed E-state index contributed by atoms with van der Waals surface area (Å²) >= 11 is 0. The predicted molar refractivity (Wildman–Crippen MR) is 152 cm³/mol. The zero-order valence-electron chi connectivity index (χ0n) is 24.1. The van der Waals surface area contributed by atoms with E-state index >= 15 is 0 Å². The number of carbonyl (C=O) groups is 1. The van der Waals surface area contributed by atoms with Crippen molar-refractivity contribution in [2.75, 3.05) is 13.1 Å². The maximum absolute atomic E-state index is 13.8. The summed E-state index contributed by atoms with van der Waals surface area (Å²) in [6, 6.07) is 10.8. The summed E-state index contributed by atoms with van der Waals surface area (Å²) in [6.45, 7) is -0.595. The Morgan fingerprint density at radius 1 is 1.04 bits per heavy atom. The molecule has 2 aromatic carbocycles. The lowest BCUT2D eigenvalue weighted by Crippen LogP contribution is -2.50. The summed E-state index contributed by atoms with van der Waals surface area (Å²) in [6.07, 6.45) is -8.90. The minimum absolute atomic E-state index is 0.00752. The molecule has 0 spiro atoms. The molecular formula is C30H30F6N6O3. The number of fused-ring (bicyclic) bond motifs is 1. The molecule has 15 heteroatoms. The maximum Gasteiger partial charge on any atom is 0.416 e. The molecule has 1 saturated heterocycles. The molecule has 1 aliphatic rings. The second-order valence-corrected chi connectivity index (χ2v) is 11.2. The lowest BCUT2D eigenvalue weighted by molar-refractivity contribution is -0.162. The van der Waals surface area contributed by atoms with E-state index in [1.165, 1.54) is 53.0 Å². The molecule has 0 saturated carbocycles. The number of rotatable bonds is 7. The third kappa shape index (κ3) is 6.59. The second-order valence-electron chi connectivity index (χ2n) is 11.2. The molecule has 1 amide bonds. The van der Waals surface area contributed by atoms with Crippen LogP contribution in [0, 0.1) is 0 Å². The van der Waals surface area contributed by atoms with E-state index in [1.54, 1.807) is 6.07 Å². The van der Waals surface area contributed by atoms with E-state index in [-0.39, 0.29) is 72.4 Å². The van der Waals surface area contributed by atoms with Crippen molar-refractivity contribution in [1.82, 2.24) is 24.2 Å². The fraction of sp³-hybridized carbons (Fsp3) is 0.400. The number of piperidine rings is 1. The van der Waals surface area contributed by atoms with Crippen LogP contribution in [-0.4, -0.2) is 60.1 Å². The van der Waals surface area contributed by atoms with Gasteiger partial charge in [-0.1, -0.05) is 42.5 Å². The van der Waals surface area contributed by atoms with Gasteiger partial charge in [0.1, 0.15) is 5.52 Å². The molecule has 0 aliphatic carbocycles. The lowest BCUT2D eigenvalue weighted by Gasteiger charge is -2.39. The molecule has 4 aromatic rings. The highest BCUT2D eigenvalue weighted by molar-refractivity contribution is 5.89. The molecule has 9 nitrogen and oxygen atoms in total. The number of likely N-dealkylation sites (tertiary alicyclic amines) is 1. The van der Waals surface area contributed by atoms with Gasteiger partial charge in [-0.3, -0.25) is 18.8 Å². The van der Waals surface area contributed by atoms with Crippen molar-refractivity contribution in [3.05, 3.63) is 81.9 Å². The zero-order valence-corrected chi connectivity index (χ0v) is 24.1. The van der Waals surface area contributed by atoms with Gasteiger partial charge in [0.25, 0.3) is 5.56 Å². The number of nitrogens with zero attached hydrogens (tertiary/aromatic N) is 5. The monoisotopic (exact) mass is 636 g/mol. The summed E-state index contributed by atoms with van der Waals surface area (Å²) < 4.78 is 84.6. The molecule has 240 valence electrons. The highest BCUT2D eigenvalue weighted by atomic mass is 19.4. The van der Waals surface area contributed by atoms with Crippen LogP contribution in [0.15, 0.2) is 59.7 Å². The number of benzene rings is 2. The molecule has 0 bridgehead atoms. The van der Waals surface area contributed by atoms with Crippen molar-refractivity contribution in [1.29, 1.82) is 0 Å². The lowest BCUT2D eigenvalue weighted by atomic mass is 9.90. The van der Waals surface area contributed by atoms with Crippen LogP contribution in [0.1, 0.15) is 41.9 Å². The van der Waals surface area contributed by atoms with Crippen LogP contribution in [0.25, 0.3) is 22.3 Å². The first-order valence-corrected chi connectivity index (χ1v) is 14.1. The van der Waals surface area contributed by atoms with Crippen molar-refractivity contribution in [2.45, 2.75) is 56.2 Å². The average Bonchev–Trinajstić information content (AvgIpc) is 3.33. The van der Waals surface area contributed by atoms with E-state index in [1.807, 2.05) is 0 Å². The number of aryl methyl sites for hydroxylation is 1. The highest BCUT2D eigenvalue weighted by Crippen LogP contribution is 2.39. The highest BCUT2D eigenvalue weighted by Gasteiger charge is 2.43. The van der Waals surface area contributed by atoms with Gasteiger partial charge in [-0.25, -0.2) is 4.98 Å². The van der Waals surface area contributed by atoms with Crippen LogP contribution in [0.2, 0.25) is 0 Å². The van der Waals surface area contributed by atoms with Gasteiger partial charge in [0, 0.05) is 38.7 Å². The summed E-state index contributed by atoms with van der Waals surface area (Å²) in [7, 11) is 1.46. The summed E-state index contributed by atoms with van der Waals surface area (Å²) in [5, 5.41) is 15.5. The molecule has 3 N–H and O–H groups in total. The van der Waals surface area contributed by atoms with Crippen LogP contribution in [0.3, 0.4) is 0 Å². The van der Waals surface area contributed by atoms with Crippen molar-refractivity contribution in [2.24, 2.45) is 12.8 Å². The standard InChI is InChI=1S/C30H30F6N6O3/c1-40-26(19-7-8-20(15-37)21(13-19)29(31,32)33)24-25(39-40)27(44)42(17-38-24)16-28(45)9-11-41(12-10-28)23(43)14-22(30(34,35)36)18-5-3-2-4-6-18/h2-8,13,17,22,45H,9-12,14-16,37H2,1H3/t22-/m1/s1. The van der Waals surface area contributed by atoms with Gasteiger partial charge in [-0.15, -0.1) is 0 Å². The van der Waals surface area contributed by atoms with Crippen molar-refractivity contribution < 1.29 is 36.2 Å². The molecule has 5 rings (SSSR count). The number of aromatic nitrogens is 4. The molecule has 2 aromatic heterocycles. The van der Waals surface area contributed by atoms with E-state index in [4.69, 9.17) is 5.73 Å². The second kappa shape index (κ2) is 11.9. The quantitative estimate of drug-likeness (QED) is 0.291. The fourth-order valence-corrected chi connectivity index (χ4v) is 5.76. The Bertz CT molecular complexity index is 1760. The minimum Gasteiger partial charge on any atom is -0.388 e. The van der Waals surface area contributed by atoms with Gasteiger partial charge < -0.3 is 15.7 Å². The average molecular weight is 637 g/mol. The van der Waals surface area contributed by atoms with E-state index in [2.05, 4.69) is 10.1 Å². The predicted octanol–water partition coefficient (Wildman–Crippen LogP) is 4.36. The van der Waals surface area contributed by atoms with Crippen LogP contribution >= 0.6 is 0 Å². The Balaban J connectivity index is 1.32. The Hall–Kier alpha value is -4.24. The van der Waals surface area contributed by atoms with Gasteiger partial charge in [0.05, 0.1) is 35.6 Å². The molecule has 3 heterocycles. The largest absolute Gasteiger partial charge is 0.416 e. The van der Waals surface area contributed by atoms with Crippen LogP contribution < -0.4 is 11.3 Å². The topological polar surface area (TPSA) is 119 Å². The maximum atomic E-state index is 13.8. The van der Waals surface area contributed by atoms with Crippen molar-refractivity contribution in [3.8, 4) is 11.3 Å². The molecule has 0 unspecified atom stereocenters. The van der Waals surface area contributed by atoms with E-state index in [0.29, 0.717) is 0 Å². The van der Waals surface area contributed by atoms with Crippen LogP contribution in [0.4, 0.5) is 26.3 Å². The number of hydrogen-bond donors (Lipinski definition) is 2. The number of amides is 1. The Morgan fingerprint density at radius 2 is 1.71 bits per heavy atom.